The summed E-state index contributed by atoms with van der Waals surface area (Å²) < 4.78 is 0. The Balaban J connectivity index is 2.38. The van der Waals surface area contributed by atoms with Crippen LogP contribution in [0.3, 0.4) is 0 Å². The highest BCUT2D eigenvalue weighted by molar-refractivity contribution is 5.79. The molecule has 3 N–H and O–H groups in total. The lowest BCUT2D eigenvalue weighted by Gasteiger charge is -2.27. The van der Waals surface area contributed by atoms with E-state index in [0.29, 0.717) is 12.0 Å². The monoisotopic (exact) mass is 212 g/mol. The van der Waals surface area contributed by atoms with Crippen LogP contribution in [0.15, 0.2) is 0 Å². The molecule has 0 aromatic rings. The molecule has 0 heterocycles. The number of carbonyl (C=O) groups is 1. The van der Waals surface area contributed by atoms with E-state index in [1.54, 1.807) is 0 Å². The summed E-state index contributed by atoms with van der Waals surface area (Å²) in [6.07, 6.45) is 7.15. The van der Waals surface area contributed by atoms with Gasteiger partial charge in [-0.05, 0) is 25.2 Å². The van der Waals surface area contributed by atoms with Crippen LogP contribution in [-0.2, 0) is 4.79 Å². The Kier molecular flexibility index (Phi) is 5.09. The first-order chi connectivity index (χ1) is 7.09. The third-order valence-corrected chi connectivity index (χ3v) is 3.09. The molecule has 0 aromatic carbocycles. The van der Waals surface area contributed by atoms with E-state index in [2.05, 4.69) is 19.2 Å². The van der Waals surface area contributed by atoms with Crippen LogP contribution in [-0.4, -0.2) is 18.0 Å². The van der Waals surface area contributed by atoms with Crippen LogP contribution < -0.4 is 11.1 Å². The maximum atomic E-state index is 11.3. The van der Waals surface area contributed by atoms with Crippen molar-refractivity contribution < 1.29 is 4.79 Å². The van der Waals surface area contributed by atoms with Crippen molar-refractivity contribution in [2.75, 3.05) is 0 Å². The Labute approximate surface area is 92.8 Å². The summed E-state index contributed by atoms with van der Waals surface area (Å²) in [5, 5.41) is 3.41. The fourth-order valence-electron chi connectivity index (χ4n) is 2.29. The molecule has 1 fully saturated rings. The summed E-state index contributed by atoms with van der Waals surface area (Å²) in [6.45, 7) is 4.25. The average Bonchev–Trinajstić information content (AvgIpc) is 2.17. The second kappa shape index (κ2) is 6.11. The molecule has 0 bridgehead atoms. The minimum atomic E-state index is -0.200. The van der Waals surface area contributed by atoms with E-state index in [1.165, 1.54) is 32.1 Å². The van der Waals surface area contributed by atoms with Crippen molar-refractivity contribution in [1.29, 1.82) is 0 Å². The lowest BCUT2D eigenvalue weighted by molar-refractivity contribution is -0.120. The largest absolute Gasteiger partial charge is 0.368 e. The minimum Gasteiger partial charge on any atom is -0.368 e. The Bertz CT molecular complexity index is 198. The zero-order chi connectivity index (χ0) is 11.3. The van der Waals surface area contributed by atoms with Crippen molar-refractivity contribution in [3.05, 3.63) is 0 Å². The van der Waals surface area contributed by atoms with Gasteiger partial charge in [0.25, 0.3) is 0 Å². The molecular formula is C12H24N2O. The van der Waals surface area contributed by atoms with Gasteiger partial charge in [0.1, 0.15) is 0 Å². The van der Waals surface area contributed by atoms with Crippen molar-refractivity contribution in [3.8, 4) is 0 Å². The van der Waals surface area contributed by atoms with Gasteiger partial charge in [-0.1, -0.05) is 33.1 Å². The lowest BCUT2D eigenvalue weighted by Crippen LogP contribution is -2.47. The number of hydrogen-bond donors (Lipinski definition) is 2. The first-order valence-electron chi connectivity index (χ1n) is 6.15. The summed E-state index contributed by atoms with van der Waals surface area (Å²) in [5.74, 6) is 0.313. The van der Waals surface area contributed by atoms with Gasteiger partial charge in [0.2, 0.25) is 5.91 Å². The average molecular weight is 212 g/mol. The number of hydrogen-bond acceptors (Lipinski definition) is 2. The molecule has 0 radical (unpaired) electrons. The van der Waals surface area contributed by atoms with Crippen molar-refractivity contribution in [2.45, 2.75) is 64.5 Å². The van der Waals surface area contributed by atoms with Crippen LogP contribution in [0.25, 0.3) is 0 Å². The fraction of sp³-hybridized carbons (Fsp3) is 0.917. The van der Waals surface area contributed by atoms with Crippen LogP contribution in [0, 0.1) is 5.92 Å². The molecule has 88 valence electrons. The van der Waals surface area contributed by atoms with Crippen LogP contribution in [0.1, 0.15) is 52.4 Å². The molecule has 1 saturated carbocycles. The van der Waals surface area contributed by atoms with Gasteiger partial charge in [0.15, 0.2) is 0 Å². The highest BCUT2D eigenvalue weighted by Gasteiger charge is 2.22. The molecule has 1 atom stereocenters. The molecule has 0 unspecified atom stereocenters. The van der Waals surface area contributed by atoms with Crippen LogP contribution in [0.5, 0.6) is 0 Å². The van der Waals surface area contributed by atoms with E-state index in [-0.39, 0.29) is 11.9 Å². The second-order valence-corrected chi connectivity index (χ2v) is 5.09. The van der Waals surface area contributed by atoms with Crippen molar-refractivity contribution >= 4 is 5.91 Å². The Hall–Kier alpha value is -0.570. The smallest absolute Gasteiger partial charge is 0.234 e. The van der Waals surface area contributed by atoms with E-state index in [0.717, 1.165) is 6.42 Å². The van der Waals surface area contributed by atoms with Gasteiger partial charge >= 0.3 is 0 Å². The first kappa shape index (κ1) is 12.5. The summed E-state index contributed by atoms with van der Waals surface area (Å²) in [6, 6.07) is 0.378. The van der Waals surface area contributed by atoms with Crippen LogP contribution in [0.4, 0.5) is 0 Å². The van der Waals surface area contributed by atoms with Crippen LogP contribution in [0.2, 0.25) is 0 Å². The molecule has 1 rings (SSSR count). The fourth-order valence-corrected chi connectivity index (χ4v) is 2.29. The molecule has 15 heavy (non-hydrogen) atoms. The molecule has 3 heteroatoms. The maximum absolute atomic E-state index is 11.3. The molecule has 0 aromatic heterocycles. The minimum absolute atomic E-state index is 0.131. The number of nitrogens with two attached hydrogens (primary N) is 1. The molecule has 1 amide bonds. The Morgan fingerprint density at radius 1 is 1.33 bits per heavy atom. The number of primary amides is 1. The Morgan fingerprint density at radius 2 is 1.93 bits per heavy atom. The topological polar surface area (TPSA) is 55.1 Å². The van der Waals surface area contributed by atoms with E-state index in [1.807, 2.05) is 0 Å². The molecule has 0 spiro atoms. The van der Waals surface area contributed by atoms with E-state index in [4.69, 9.17) is 5.73 Å². The van der Waals surface area contributed by atoms with Gasteiger partial charge in [-0.3, -0.25) is 4.79 Å². The summed E-state index contributed by atoms with van der Waals surface area (Å²) in [5.41, 5.74) is 5.40. The highest BCUT2D eigenvalue weighted by Crippen LogP contribution is 2.18. The van der Waals surface area contributed by atoms with Gasteiger partial charge in [0.05, 0.1) is 6.04 Å². The first-order valence-corrected chi connectivity index (χ1v) is 6.15. The summed E-state index contributed by atoms with van der Waals surface area (Å²) in [4.78, 5) is 11.3. The highest BCUT2D eigenvalue weighted by atomic mass is 16.1. The predicted octanol–water partition coefficient (Wildman–Crippen LogP) is 1.81. The van der Waals surface area contributed by atoms with Gasteiger partial charge in [0, 0.05) is 6.04 Å². The van der Waals surface area contributed by atoms with Gasteiger partial charge in [-0.2, -0.15) is 0 Å². The maximum Gasteiger partial charge on any atom is 0.234 e. The second-order valence-electron chi connectivity index (χ2n) is 5.09. The van der Waals surface area contributed by atoms with Gasteiger partial charge < -0.3 is 11.1 Å². The third-order valence-electron chi connectivity index (χ3n) is 3.09. The van der Waals surface area contributed by atoms with Crippen molar-refractivity contribution in [2.24, 2.45) is 11.7 Å². The predicted molar refractivity (Wildman–Crippen MR) is 62.4 cm³/mol. The number of carbonyl (C=O) groups excluding carboxylic acids is 1. The zero-order valence-corrected chi connectivity index (χ0v) is 9.96. The molecule has 3 nitrogen and oxygen atoms in total. The summed E-state index contributed by atoms with van der Waals surface area (Å²) in [7, 11) is 0. The Morgan fingerprint density at radius 3 is 2.40 bits per heavy atom. The molecule has 1 aliphatic carbocycles. The van der Waals surface area contributed by atoms with Gasteiger partial charge in [-0.25, -0.2) is 0 Å². The standard InChI is InChI=1S/C12H24N2O/c1-9(2)8-11(12(13)15)14-10-6-4-3-5-7-10/h9-11,14H,3-8H2,1-2H3,(H2,13,15)/t11-/m0/s1. The van der Waals surface area contributed by atoms with Gasteiger partial charge in [-0.15, -0.1) is 0 Å². The molecular weight excluding hydrogens is 188 g/mol. The quantitative estimate of drug-likeness (QED) is 0.730. The van der Waals surface area contributed by atoms with E-state index < -0.39 is 0 Å². The number of nitrogens with one attached hydrogen (secondary N) is 1. The third kappa shape index (κ3) is 4.65. The normalized spacial score (nSPS) is 20.5. The number of rotatable bonds is 5. The van der Waals surface area contributed by atoms with Crippen molar-refractivity contribution in [3.63, 3.8) is 0 Å². The zero-order valence-electron chi connectivity index (χ0n) is 9.96. The molecule has 0 aliphatic heterocycles. The molecule has 0 saturated heterocycles. The summed E-state index contributed by atoms with van der Waals surface area (Å²) >= 11 is 0. The van der Waals surface area contributed by atoms with E-state index >= 15 is 0 Å². The number of amides is 1. The van der Waals surface area contributed by atoms with Crippen molar-refractivity contribution in [1.82, 2.24) is 5.32 Å². The SMILES string of the molecule is CC(C)C[C@H](NC1CCCCC1)C(N)=O. The van der Waals surface area contributed by atoms with Crippen LogP contribution >= 0.6 is 0 Å². The molecule has 1 aliphatic rings. The lowest BCUT2D eigenvalue weighted by atomic mass is 9.93. The van der Waals surface area contributed by atoms with E-state index in [9.17, 15) is 4.79 Å².